The lowest BCUT2D eigenvalue weighted by atomic mass is 9.84. The van der Waals surface area contributed by atoms with Crippen LogP contribution < -0.4 is 10.6 Å². The van der Waals surface area contributed by atoms with Crippen LogP contribution in [0.4, 0.5) is 0 Å². The highest BCUT2D eigenvalue weighted by Crippen LogP contribution is 2.40. The molecule has 2 amide bonds. The second-order valence-corrected chi connectivity index (χ2v) is 16.7. The van der Waals surface area contributed by atoms with Crippen molar-refractivity contribution in [2.45, 2.75) is 141 Å². The Hall–Kier alpha value is -5.60. The van der Waals surface area contributed by atoms with Gasteiger partial charge in [-0.25, -0.2) is 9.59 Å². The molecule has 0 aromatic heterocycles. The molecule has 4 N–H and O–H groups in total. The number of benzene rings is 3. The first-order chi connectivity index (χ1) is 30.3. The molecule has 3 aromatic carbocycles. The molecule has 0 unspecified atom stereocenters. The summed E-state index contributed by atoms with van der Waals surface area (Å²) in [5, 5.41) is 25.7. The predicted molar refractivity (Wildman–Crippen MR) is 236 cm³/mol. The van der Waals surface area contributed by atoms with Crippen molar-refractivity contribution in [3.63, 3.8) is 0 Å². The van der Waals surface area contributed by atoms with E-state index in [0.29, 0.717) is 32.1 Å². The predicted octanol–water partition coefficient (Wildman–Crippen LogP) is 5.34. The van der Waals surface area contributed by atoms with Gasteiger partial charge in [0, 0.05) is 19.0 Å². The average molecular weight is 869 g/mol. The molecule has 2 fully saturated rings. The van der Waals surface area contributed by atoms with Crippen molar-refractivity contribution < 1.29 is 48.5 Å². The Morgan fingerprint density at radius 3 is 1.63 bits per heavy atom. The third-order valence-corrected chi connectivity index (χ3v) is 12.4. The second-order valence-electron chi connectivity index (χ2n) is 16.7. The number of aliphatic carboxylic acids is 2. The first kappa shape index (κ1) is 48.4. The molecule has 63 heavy (non-hydrogen) atoms. The molecule has 3 aliphatic rings. The van der Waals surface area contributed by atoms with Crippen molar-refractivity contribution in [2.75, 3.05) is 13.2 Å². The molecule has 14 heteroatoms. The quantitative estimate of drug-likeness (QED) is 0.120. The highest BCUT2D eigenvalue weighted by Gasteiger charge is 2.48. The van der Waals surface area contributed by atoms with E-state index in [-0.39, 0.29) is 55.9 Å². The van der Waals surface area contributed by atoms with Crippen LogP contribution in [0.3, 0.4) is 0 Å². The van der Waals surface area contributed by atoms with E-state index in [4.69, 9.17) is 9.47 Å². The normalized spacial score (nSPS) is 21.0. The maximum Gasteiger partial charge on any atom is 0.326 e. The Bertz CT molecular complexity index is 2000. The van der Waals surface area contributed by atoms with Crippen molar-refractivity contribution >= 4 is 35.7 Å². The Labute approximate surface area is 370 Å². The van der Waals surface area contributed by atoms with Crippen molar-refractivity contribution in [3.8, 4) is 0 Å². The Morgan fingerprint density at radius 2 is 1.13 bits per heavy atom. The minimum atomic E-state index is -1.04. The van der Waals surface area contributed by atoms with Gasteiger partial charge in [-0.1, -0.05) is 97.8 Å². The van der Waals surface area contributed by atoms with E-state index >= 15 is 0 Å². The zero-order valence-corrected chi connectivity index (χ0v) is 36.9. The summed E-state index contributed by atoms with van der Waals surface area (Å²) in [5.74, 6) is -3.11. The lowest BCUT2D eigenvalue weighted by Crippen LogP contribution is -2.56. The number of ether oxygens (including phenoxy) is 2. The van der Waals surface area contributed by atoms with Crippen LogP contribution in [-0.2, 0) is 64.0 Å². The Morgan fingerprint density at radius 1 is 0.651 bits per heavy atom. The molecular formula is C49H64N4O10. The number of hydrogen-bond acceptors (Lipinski definition) is 10. The molecule has 0 spiro atoms. The molecule has 1 saturated carbocycles. The van der Waals surface area contributed by atoms with Gasteiger partial charge < -0.3 is 29.5 Å². The third-order valence-electron chi connectivity index (χ3n) is 12.4. The van der Waals surface area contributed by atoms with Crippen LogP contribution in [-0.4, -0.2) is 111 Å². The number of carbonyl (C=O) groups is 6. The van der Waals surface area contributed by atoms with Gasteiger partial charge in [0.1, 0.15) is 24.2 Å². The molecule has 6 rings (SSSR count). The van der Waals surface area contributed by atoms with Crippen LogP contribution in [0.25, 0.3) is 0 Å². The van der Waals surface area contributed by atoms with E-state index in [1.165, 1.54) is 4.90 Å². The van der Waals surface area contributed by atoms with E-state index in [1.54, 1.807) is 32.6 Å². The number of likely N-dealkylation sites (tertiary alicyclic amines) is 1. The average Bonchev–Trinajstić information content (AvgIpc) is 3.69. The monoisotopic (exact) mass is 868 g/mol. The lowest BCUT2D eigenvalue weighted by Gasteiger charge is -2.36. The molecule has 3 aromatic rings. The maximum atomic E-state index is 13.4. The summed E-state index contributed by atoms with van der Waals surface area (Å²) in [4.78, 5) is 78.4. The summed E-state index contributed by atoms with van der Waals surface area (Å²) in [7, 11) is 0. The summed E-state index contributed by atoms with van der Waals surface area (Å²) in [6, 6.07) is 22.7. The molecule has 1 aliphatic carbocycles. The summed E-state index contributed by atoms with van der Waals surface area (Å²) in [6.45, 7) is 7.61. The van der Waals surface area contributed by atoms with Gasteiger partial charge in [-0.3, -0.25) is 29.8 Å². The zero-order chi connectivity index (χ0) is 45.5. The fraction of sp³-hybridized carbons (Fsp3) is 0.510. The van der Waals surface area contributed by atoms with Gasteiger partial charge >= 0.3 is 23.9 Å². The highest BCUT2D eigenvalue weighted by atomic mass is 16.5. The lowest BCUT2D eigenvalue weighted by molar-refractivity contribution is -0.153. The van der Waals surface area contributed by atoms with Crippen LogP contribution in [0.1, 0.15) is 94.9 Å². The van der Waals surface area contributed by atoms with Gasteiger partial charge in [-0.05, 0) is 101 Å². The number of hydrogen-bond donors (Lipinski definition) is 4. The fourth-order valence-corrected chi connectivity index (χ4v) is 9.13. The topological polar surface area (TPSA) is 192 Å². The third kappa shape index (κ3) is 13.2. The molecule has 8 atom stereocenters. The molecule has 2 heterocycles. The highest BCUT2D eigenvalue weighted by molar-refractivity contribution is 5.89. The van der Waals surface area contributed by atoms with E-state index in [0.717, 1.165) is 47.9 Å². The van der Waals surface area contributed by atoms with Gasteiger partial charge in [0.2, 0.25) is 11.8 Å². The summed E-state index contributed by atoms with van der Waals surface area (Å²) in [6.07, 6.45) is 6.99. The number of esters is 2. The SMILES string of the molecule is CCOC(=O)[C@H](CCc1ccccc1)N[C@@H](C)C(=O)N1Cc2ccccc2C[C@H]1C(=O)O.CCOC(=O)[C@H](CCc1ccccc1)N[C@@H](C)C(=O)N1[C@H](C(=O)O)C[C@H]2CCCC[C@@H]21. The van der Waals surface area contributed by atoms with Gasteiger partial charge in [0.15, 0.2) is 0 Å². The van der Waals surface area contributed by atoms with E-state index in [1.807, 2.05) is 84.9 Å². The standard InChI is InChI=1S/C25H30N2O5.C24H34N2O5/c1-3-32-25(31)21(14-13-18-9-5-4-6-10-18)26-17(2)23(28)27-16-20-12-8-7-11-19(20)15-22(27)24(29)30;1-3-31-24(30)19(14-13-17-9-5-4-6-10-17)25-16(2)22(27)26-20-12-8-7-11-18(20)15-21(26)23(28)29/h4-12,17,21-22,26H,3,13-16H2,1-2H3,(H,29,30);4-6,9-10,16,18-21,25H,3,7-8,11-15H2,1-2H3,(H,28,29)/t17-,21-,22-;16-,18+,19-,20-,21-/m00/s1. The number of rotatable bonds is 18. The number of carbonyl (C=O) groups excluding carboxylic acids is 4. The molecule has 0 bridgehead atoms. The number of amides is 2. The van der Waals surface area contributed by atoms with Crippen LogP contribution in [0.2, 0.25) is 0 Å². The number of nitrogens with one attached hydrogen (secondary N) is 2. The van der Waals surface area contributed by atoms with Crippen molar-refractivity contribution in [1.29, 1.82) is 0 Å². The summed E-state index contributed by atoms with van der Waals surface area (Å²) >= 11 is 0. The number of nitrogens with zero attached hydrogens (tertiary/aromatic N) is 2. The molecule has 1 saturated heterocycles. The van der Waals surface area contributed by atoms with Crippen molar-refractivity contribution in [2.24, 2.45) is 5.92 Å². The fourth-order valence-electron chi connectivity index (χ4n) is 9.13. The maximum absolute atomic E-state index is 13.4. The Kier molecular flexibility index (Phi) is 18.2. The summed E-state index contributed by atoms with van der Waals surface area (Å²) < 4.78 is 10.4. The van der Waals surface area contributed by atoms with Gasteiger partial charge in [0.05, 0.1) is 25.3 Å². The first-order valence-corrected chi connectivity index (χ1v) is 22.4. The van der Waals surface area contributed by atoms with Gasteiger partial charge in [-0.2, -0.15) is 0 Å². The smallest absolute Gasteiger partial charge is 0.326 e. The van der Waals surface area contributed by atoms with Crippen LogP contribution >= 0.6 is 0 Å². The second kappa shape index (κ2) is 23.7. The van der Waals surface area contributed by atoms with Gasteiger partial charge in [0.25, 0.3) is 0 Å². The van der Waals surface area contributed by atoms with Crippen LogP contribution in [0.5, 0.6) is 0 Å². The van der Waals surface area contributed by atoms with E-state index < -0.39 is 54.2 Å². The Balaban J connectivity index is 0.000000238. The summed E-state index contributed by atoms with van der Waals surface area (Å²) in [5.41, 5.74) is 4.07. The zero-order valence-electron chi connectivity index (χ0n) is 36.9. The molecule has 340 valence electrons. The number of carboxylic acid groups (broad SMARTS) is 2. The number of fused-ring (bicyclic) bond motifs is 2. The minimum Gasteiger partial charge on any atom is -0.480 e. The minimum absolute atomic E-state index is 0.0167. The van der Waals surface area contributed by atoms with Crippen molar-refractivity contribution in [3.05, 3.63) is 107 Å². The largest absolute Gasteiger partial charge is 0.480 e. The van der Waals surface area contributed by atoms with Crippen LogP contribution in [0.15, 0.2) is 84.9 Å². The molecule has 2 aliphatic heterocycles. The molecule has 0 radical (unpaired) electrons. The molecule has 14 nitrogen and oxygen atoms in total. The number of carboxylic acids is 2. The van der Waals surface area contributed by atoms with Crippen LogP contribution in [0, 0.1) is 5.92 Å². The van der Waals surface area contributed by atoms with E-state index in [2.05, 4.69) is 10.6 Å². The van der Waals surface area contributed by atoms with Gasteiger partial charge in [-0.15, -0.1) is 0 Å². The molecular weight excluding hydrogens is 805 g/mol. The van der Waals surface area contributed by atoms with Crippen molar-refractivity contribution in [1.82, 2.24) is 20.4 Å². The number of aryl methyl sites for hydroxylation is 2. The first-order valence-electron chi connectivity index (χ1n) is 22.4. The van der Waals surface area contributed by atoms with E-state index in [9.17, 15) is 39.0 Å².